The van der Waals surface area contributed by atoms with E-state index < -0.39 is 0 Å². The third-order valence-electron chi connectivity index (χ3n) is 2.63. The Morgan fingerprint density at radius 3 is 2.79 bits per heavy atom. The van der Waals surface area contributed by atoms with E-state index in [9.17, 15) is 4.79 Å². The number of esters is 1. The fraction of sp³-hybridized carbons (Fsp3) is 0.0667. The second kappa shape index (κ2) is 5.82. The Kier molecular flexibility index (Phi) is 3.93. The molecular weight excluding hydrogens is 240 g/mol. The summed E-state index contributed by atoms with van der Waals surface area (Å²) in [4.78, 5) is 15.6. The first-order chi connectivity index (χ1) is 9.20. The lowest BCUT2D eigenvalue weighted by Crippen LogP contribution is -2.02. The molecule has 19 heavy (non-hydrogen) atoms. The number of hydrogen-bond acceptors (Lipinski definition) is 4. The van der Waals surface area contributed by atoms with Crippen molar-refractivity contribution >= 4 is 23.8 Å². The Labute approximate surface area is 111 Å². The minimum Gasteiger partial charge on any atom is -0.465 e. The Bertz CT molecular complexity index is 607. The van der Waals surface area contributed by atoms with Crippen LogP contribution in [0.2, 0.25) is 0 Å². The number of aromatic nitrogens is 1. The van der Waals surface area contributed by atoms with Crippen LogP contribution in [0.3, 0.4) is 0 Å². The van der Waals surface area contributed by atoms with Crippen LogP contribution in [0.5, 0.6) is 0 Å². The SMILES string of the molecule is COC(=O)c1ccc(N)c(C=Cc2ccccn2)c1. The maximum Gasteiger partial charge on any atom is 0.337 e. The van der Waals surface area contributed by atoms with Gasteiger partial charge in [-0.25, -0.2) is 4.79 Å². The van der Waals surface area contributed by atoms with Gasteiger partial charge in [0.2, 0.25) is 0 Å². The van der Waals surface area contributed by atoms with Crippen LogP contribution >= 0.6 is 0 Å². The molecule has 0 saturated carbocycles. The first kappa shape index (κ1) is 12.8. The van der Waals surface area contributed by atoms with Crippen LogP contribution in [0, 0.1) is 0 Å². The molecule has 1 heterocycles. The molecule has 4 nitrogen and oxygen atoms in total. The van der Waals surface area contributed by atoms with Crippen molar-refractivity contribution < 1.29 is 9.53 Å². The number of nitrogens with zero attached hydrogens (tertiary/aromatic N) is 1. The Hall–Kier alpha value is -2.62. The zero-order valence-corrected chi connectivity index (χ0v) is 10.5. The van der Waals surface area contributed by atoms with Crippen molar-refractivity contribution in [3.8, 4) is 0 Å². The average molecular weight is 254 g/mol. The van der Waals surface area contributed by atoms with Crippen molar-refractivity contribution in [1.82, 2.24) is 4.98 Å². The molecule has 96 valence electrons. The largest absolute Gasteiger partial charge is 0.465 e. The van der Waals surface area contributed by atoms with E-state index in [1.54, 1.807) is 24.4 Å². The van der Waals surface area contributed by atoms with Crippen molar-refractivity contribution in [2.24, 2.45) is 0 Å². The molecule has 4 heteroatoms. The minimum atomic E-state index is -0.382. The summed E-state index contributed by atoms with van der Waals surface area (Å²) >= 11 is 0. The molecule has 0 saturated heterocycles. The molecular formula is C15H14N2O2. The smallest absolute Gasteiger partial charge is 0.337 e. The zero-order chi connectivity index (χ0) is 13.7. The first-order valence-electron chi connectivity index (χ1n) is 5.77. The van der Waals surface area contributed by atoms with Crippen LogP contribution < -0.4 is 5.73 Å². The monoisotopic (exact) mass is 254 g/mol. The summed E-state index contributed by atoms with van der Waals surface area (Å²) in [5, 5.41) is 0. The van der Waals surface area contributed by atoms with Crippen molar-refractivity contribution in [2.75, 3.05) is 12.8 Å². The van der Waals surface area contributed by atoms with Gasteiger partial charge in [-0.3, -0.25) is 4.98 Å². The summed E-state index contributed by atoms with van der Waals surface area (Å²) in [5.41, 5.74) is 8.52. The molecule has 0 radical (unpaired) electrons. The van der Waals surface area contributed by atoms with Crippen molar-refractivity contribution in [3.63, 3.8) is 0 Å². The highest BCUT2D eigenvalue weighted by Gasteiger charge is 2.06. The number of hydrogen-bond donors (Lipinski definition) is 1. The highest BCUT2D eigenvalue weighted by molar-refractivity contribution is 5.91. The third kappa shape index (κ3) is 3.19. The summed E-state index contributed by atoms with van der Waals surface area (Å²) in [6.45, 7) is 0. The highest BCUT2D eigenvalue weighted by atomic mass is 16.5. The fourth-order valence-corrected chi connectivity index (χ4v) is 1.61. The van der Waals surface area contributed by atoms with Gasteiger partial charge < -0.3 is 10.5 Å². The summed E-state index contributed by atoms with van der Waals surface area (Å²) in [6, 6.07) is 10.7. The van der Waals surface area contributed by atoms with Crippen molar-refractivity contribution in [1.29, 1.82) is 0 Å². The van der Waals surface area contributed by atoms with Crippen LogP contribution in [0.25, 0.3) is 12.2 Å². The van der Waals surface area contributed by atoms with Gasteiger partial charge in [0, 0.05) is 11.9 Å². The van der Waals surface area contributed by atoms with Crippen molar-refractivity contribution in [3.05, 3.63) is 59.4 Å². The van der Waals surface area contributed by atoms with Gasteiger partial charge in [-0.1, -0.05) is 12.1 Å². The van der Waals surface area contributed by atoms with E-state index in [-0.39, 0.29) is 5.97 Å². The third-order valence-corrected chi connectivity index (χ3v) is 2.63. The Morgan fingerprint density at radius 1 is 1.26 bits per heavy atom. The summed E-state index contributed by atoms with van der Waals surface area (Å²) in [7, 11) is 1.35. The molecule has 2 N–H and O–H groups in total. The molecule has 0 bridgehead atoms. The predicted molar refractivity (Wildman–Crippen MR) is 75.4 cm³/mol. The number of methoxy groups -OCH3 is 1. The number of benzene rings is 1. The molecule has 1 aromatic heterocycles. The summed E-state index contributed by atoms with van der Waals surface area (Å²) in [5.74, 6) is -0.382. The molecule has 0 unspecified atom stereocenters. The van der Waals surface area contributed by atoms with Gasteiger partial charge in [-0.05, 0) is 42.0 Å². The molecule has 2 rings (SSSR count). The van der Waals surface area contributed by atoms with Gasteiger partial charge >= 0.3 is 5.97 Å². The maximum absolute atomic E-state index is 11.5. The number of ether oxygens (including phenoxy) is 1. The quantitative estimate of drug-likeness (QED) is 0.675. The van der Waals surface area contributed by atoms with E-state index >= 15 is 0 Å². The highest BCUT2D eigenvalue weighted by Crippen LogP contribution is 2.17. The van der Waals surface area contributed by atoms with E-state index in [2.05, 4.69) is 9.72 Å². The van der Waals surface area contributed by atoms with Gasteiger partial charge in [-0.15, -0.1) is 0 Å². The minimum absolute atomic E-state index is 0.382. The number of nitrogens with two attached hydrogens (primary N) is 1. The van der Waals surface area contributed by atoms with E-state index in [0.717, 1.165) is 11.3 Å². The number of nitrogen functional groups attached to an aromatic ring is 1. The normalized spacial score (nSPS) is 10.6. The summed E-state index contributed by atoms with van der Waals surface area (Å²) in [6.07, 6.45) is 5.38. The van der Waals surface area contributed by atoms with E-state index in [1.165, 1.54) is 7.11 Å². The molecule has 0 atom stereocenters. The molecule has 1 aromatic carbocycles. The number of carbonyl (C=O) groups excluding carboxylic acids is 1. The second-order valence-electron chi connectivity index (χ2n) is 3.92. The first-order valence-corrected chi connectivity index (χ1v) is 5.77. The van der Waals surface area contributed by atoms with Crippen molar-refractivity contribution in [2.45, 2.75) is 0 Å². The average Bonchev–Trinajstić information content (AvgIpc) is 2.46. The lowest BCUT2D eigenvalue weighted by atomic mass is 10.1. The standard InChI is InChI=1S/C15H14N2O2/c1-19-15(18)12-6-8-14(16)11(10-12)5-7-13-4-2-3-9-17-13/h2-10H,16H2,1H3. The van der Waals surface area contributed by atoms with E-state index in [1.807, 2.05) is 30.4 Å². The Balaban J connectivity index is 2.29. The fourth-order valence-electron chi connectivity index (χ4n) is 1.61. The second-order valence-corrected chi connectivity index (χ2v) is 3.92. The number of pyridine rings is 1. The zero-order valence-electron chi connectivity index (χ0n) is 10.5. The van der Waals surface area contributed by atoms with Crippen LogP contribution in [-0.4, -0.2) is 18.1 Å². The molecule has 0 aliphatic rings. The molecule has 0 spiro atoms. The van der Waals surface area contributed by atoms with E-state index in [4.69, 9.17) is 5.73 Å². The lowest BCUT2D eigenvalue weighted by Gasteiger charge is -2.04. The maximum atomic E-state index is 11.5. The van der Waals surface area contributed by atoms with Gasteiger partial charge in [0.1, 0.15) is 0 Å². The molecule has 0 amide bonds. The molecule has 2 aromatic rings. The van der Waals surface area contributed by atoms with Crippen LogP contribution in [-0.2, 0) is 4.74 Å². The van der Waals surface area contributed by atoms with Gasteiger partial charge in [0.15, 0.2) is 0 Å². The number of anilines is 1. The van der Waals surface area contributed by atoms with Gasteiger partial charge in [-0.2, -0.15) is 0 Å². The summed E-state index contributed by atoms with van der Waals surface area (Å²) < 4.78 is 4.68. The Morgan fingerprint density at radius 2 is 2.11 bits per heavy atom. The molecule has 0 fully saturated rings. The van der Waals surface area contributed by atoms with Crippen LogP contribution in [0.15, 0.2) is 42.6 Å². The molecule has 0 aliphatic heterocycles. The van der Waals surface area contributed by atoms with E-state index in [0.29, 0.717) is 11.3 Å². The number of rotatable bonds is 3. The number of carbonyl (C=O) groups is 1. The van der Waals surface area contributed by atoms with Crippen LogP contribution in [0.4, 0.5) is 5.69 Å². The topological polar surface area (TPSA) is 65.2 Å². The lowest BCUT2D eigenvalue weighted by molar-refractivity contribution is 0.0601. The molecule has 0 aliphatic carbocycles. The van der Waals surface area contributed by atoms with Gasteiger partial charge in [0.25, 0.3) is 0 Å². The predicted octanol–water partition coefficient (Wildman–Crippen LogP) is 2.62. The van der Waals surface area contributed by atoms with Crippen LogP contribution in [0.1, 0.15) is 21.6 Å². The van der Waals surface area contributed by atoms with Gasteiger partial charge in [0.05, 0.1) is 18.4 Å².